The van der Waals surface area contributed by atoms with E-state index in [1.165, 1.54) is 23.1 Å². The minimum Gasteiger partial charge on any atom is -0.207 e. The van der Waals surface area contributed by atoms with E-state index in [0.717, 1.165) is 19.3 Å². The third-order valence-electron chi connectivity index (χ3n) is 3.01. The second kappa shape index (κ2) is 7.15. The summed E-state index contributed by atoms with van der Waals surface area (Å²) in [6.07, 6.45) is 3.35. The van der Waals surface area contributed by atoms with Crippen molar-refractivity contribution in [3.63, 3.8) is 0 Å². The number of rotatable bonds is 6. The van der Waals surface area contributed by atoms with Crippen molar-refractivity contribution in [1.82, 2.24) is 0 Å². The Kier molecular flexibility index (Phi) is 5.52. The van der Waals surface area contributed by atoms with E-state index in [1.54, 1.807) is 11.3 Å². The lowest BCUT2D eigenvalue weighted by Gasteiger charge is -2.11. The molecular weight excluding hydrogens is 330 g/mol. The number of hydrogen-bond acceptors (Lipinski definition) is 1. The molecule has 0 aliphatic rings. The third-order valence-corrected chi connectivity index (χ3v) is 4.73. The normalized spacial score (nSPS) is 12.6. The number of alkyl halides is 1. The number of aryl methyl sites for hydroxylation is 1. The van der Waals surface area contributed by atoms with Crippen molar-refractivity contribution in [2.75, 3.05) is 0 Å². The zero-order chi connectivity index (χ0) is 13.7. The lowest BCUT2D eigenvalue weighted by Crippen LogP contribution is -2.07. The molecule has 1 heterocycles. The number of thiophene rings is 1. The SMILES string of the molecule is Fc1cccc(F)c1CC(Br)CCCc1cccs1. The van der Waals surface area contributed by atoms with Crippen LogP contribution in [0.1, 0.15) is 23.3 Å². The molecule has 0 N–H and O–H groups in total. The molecule has 2 rings (SSSR count). The fourth-order valence-electron chi connectivity index (χ4n) is 2.00. The Morgan fingerprint density at radius 2 is 1.84 bits per heavy atom. The molecule has 0 aliphatic heterocycles. The molecule has 1 aromatic heterocycles. The van der Waals surface area contributed by atoms with Crippen molar-refractivity contribution in [3.8, 4) is 0 Å². The molecule has 19 heavy (non-hydrogen) atoms. The lowest BCUT2D eigenvalue weighted by molar-refractivity contribution is 0.548. The highest BCUT2D eigenvalue weighted by atomic mass is 79.9. The van der Waals surface area contributed by atoms with E-state index in [9.17, 15) is 8.78 Å². The van der Waals surface area contributed by atoms with Gasteiger partial charge in [-0.3, -0.25) is 0 Å². The fraction of sp³-hybridized carbons (Fsp3) is 0.333. The van der Waals surface area contributed by atoms with Crippen LogP contribution in [0.5, 0.6) is 0 Å². The average molecular weight is 345 g/mol. The van der Waals surface area contributed by atoms with Gasteiger partial charge >= 0.3 is 0 Å². The summed E-state index contributed by atoms with van der Waals surface area (Å²) in [6.45, 7) is 0. The van der Waals surface area contributed by atoms with Gasteiger partial charge in [-0.2, -0.15) is 0 Å². The highest BCUT2D eigenvalue weighted by molar-refractivity contribution is 9.09. The molecule has 1 unspecified atom stereocenters. The number of benzene rings is 1. The van der Waals surface area contributed by atoms with Gasteiger partial charge in [0.25, 0.3) is 0 Å². The molecule has 0 saturated carbocycles. The molecule has 4 heteroatoms. The van der Waals surface area contributed by atoms with Gasteiger partial charge in [-0.15, -0.1) is 11.3 Å². The van der Waals surface area contributed by atoms with E-state index >= 15 is 0 Å². The third kappa shape index (κ3) is 4.39. The largest absolute Gasteiger partial charge is 0.207 e. The summed E-state index contributed by atoms with van der Waals surface area (Å²) in [5.74, 6) is -0.912. The fourth-order valence-corrected chi connectivity index (χ4v) is 3.40. The van der Waals surface area contributed by atoms with Crippen LogP contribution < -0.4 is 0 Å². The van der Waals surface area contributed by atoms with Gasteiger partial charge in [0.05, 0.1) is 0 Å². The number of halogens is 3. The first kappa shape index (κ1) is 14.7. The van der Waals surface area contributed by atoms with E-state index in [1.807, 2.05) is 6.07 Å². The van der Waals surface area contributed by atoms with Crippen LogP contribution in [0.3, 0.4) is 0 Å². The molecule has 0 bridgehead atoms. The molecule has 2 aromatic rings. The van der Waals surface area contributed by atoms with Crippen molar-refractivity contribution in [3.05, 3.63) is 57.8 Å². The van der Waals surface area contributed by atoms with Gasteiger partial charge in [0.15, 0.2) is 0 Å². The minimum absolute atomic E-state index is 0.110. The van der Waals surface area contributed by atoms with E-state index in [2.05, 4.69) is 27.4 Å². The Labute approximate surface area is 124 Å². The molecule has 1 aromatic carbocycles. The van der Waals surface area contributed by atoms with Crippen LogP contribution in [0.4, 0.5) is 8.78 Å². The van der Waals surface area contributed by atoms with Crippen molar-refractivity contribution < 1.29 is 8.78 Å². The molecule has 0 aliphatic carbocycles. The topological polar surface area (TPSA) is 0 Å². The van der Waals surface area contributed by atoms with Crippen molar-refractivity contribution in [1.29, 1.82) is 0 Å². The first-order valence-electron chi connectivity index (χ1n) is 6.26. The van der Waals surface area contributed by atoms with Crippen molar-refractivity contribution in [2.24, 2.45) is 0 Å². The first-order chi connectivity index (χ1) is 9.16. The smallest absolute Gasteiger partial charge is 0.129 e. The lowest BCUT2D eigenvalue weighted by atomic mass is 10.0. The molecule has 0 amide bonds. The summed E-state index contributed by atoms with van der Waals surface area (Å²) in [4.78, 5) is 1.47. The summed E-state index contributed by atoms with van der Waals surface area (Å²) in [6, 6.07) is 8.17. The standard InChI is InChI=1S/C15H15BrF2S/c16-11(4-1-5-12-6-3-9-19-12)10-13-14(17)7-2-8-15(13)18/h2-3,6-9,11H,1,4-5,10H2. The van der Waals surface area contributed by atoms with Crippen molar-refractivity contribution in [2.45, 2.75) is 30.5 Å². The maximum Gasteiger partial charge on any atom is 0.129 e. The molecular formula is C15H15BrF2S. The van der Waals surface area contributed by atoms with Crippen molar-refractivity contribution >= 4 is 27.3 Å². The maximum absolute atomic E-state index is 13.5. The summed E-state index contributed by atoms with van der Waals surface area (Å²) in [5.41, 5.74) is 0.181. The zero-order valence-electron chi connectivity index (χ0n) is 10.4. The predicted molar refractivity (Wildman–Crippen MR) is 80.0 cm³/mol. The summed E-state index contributed by atoms with van der Waals surface area (Å²) >= 11 is 5.27. The van der Waals surface area contributed by atoms with Crippen LogP contribution >= 0.6 is 27.3 Å². The van der Waals surface area contributed by atoms with Crippen LogP contribution in [0.15, 0.2) is 35.7 Å². The van der Waals surface area contributed by atoms with E-state index in [-0.39, 0.29) is 10.4 Å². The second-order valence-corrected chi connectivity index (χ2v) is 6.80. The molecule has 0 nitrogen and oxygen atoms in total. The number of hydrogen-bond donors (Lipinski definition) is 0. The van der Waals surface area contributed by atoms with Crippen LogP contribution in [0.25, 0.3) is 0 Å². The Morgan fingerprint density at radius 1 is 1.11 bits per heavy atom. The Balaban J connectivity index is 1.82. The average Bonchev–Trinajstić information content (AvgIpc) is 2.87. The molecule has 0 spiro atoms. The second-order valence-electron chi connectivity index (χ2n) is 4.47. The van der Waals surface area contributed by atoms with E-state index in [0.29, 0.717) is 6.42 Å². The van der Waals surface area contributed by atoms with E-state index < -0.39 is 11.6 Å². The molecule has 0 radical (unpaired) electrons. The summed E-state index contributed by atoms with van der Waals surface area (Å²) in [7, 11) is 0. The van der Waals surface area contributed by atoms with Gasteiger partial charge in [-0.1, -0.05) is 28.1 Å². The van der Waals surface area contributed by atoms with Crippen LogP contribution in [0, 0.1) is 11.6 Å². The highest BCUT2D eigenvalue weighted by Crippen LogP contribution is 2.21. The Bertz CT molecular complexity index is 491. The molecule has 1 atom stereocenters. The van der Waals surface area contributed by atoms with Crippen LogP contribution in [-0.2, 0) is 12.8 Å². The first-order valence-corrected chi connectivity index (χ1v) is 8.05. The maximum atomic E-state index is 13.5. The van der Waals surface area contributed by atoms with Gasteiger partial charge in [-0.05, 0) is 49.3 Å². The molecule has 0 saturated heterocycles. The molecule has 102 valence electrons. The summed E-state index contributed by atoms with van der Waals surface area (Å²) < 4.78 is 27.0. The van der Waals surface area contributed by atoms with Crippen LogP contribution in [0.2, 0.25) is 0 Å². The van der Waals surface area contributed by atoms with Crippen LogP contribution in [-0.4, -0.2) is 4.83 Å². The van der Waals surface area contributed by atoms with Gasteiger partial charge in [0.2, 0.25) is 0 Å². The van der Waals surface area contributed by atoms with Gasteiger partial charge < -0.3 is 0 Å². The van der Waals surface area contributed by atoms with E-state index in [4.69, 9.17) is 0 Å². The summed E-state index contributed by atoms with van der Waals surface area (Å²) in [5, 5.41) is 2.07. The van der Waals surface area contributed by atoms with Gasteiger partial charge in [-0.25, -0.2) is 8.78 Å². The van der Waals surface area contributed by atoms with Gasteiger partial charge in [0.1, 0.15) is 11.6 Å². The highest BCUT2D eigenvalue weighted by Gasteiger charge is 2.13. The van der Waals surface area contributed by atoms with Gasteiger partial charge in [0, 0.05) is 15.3 Å². The monoisotopic (exact) mass is 344 g/mol. The minimum atomic E-state index is -0.456. The Hall–Kier alpha value is -0.740. The molecule has 0 fully saturated rings. The Morgan fingerprint density at radius 3 is 2.47 bits per heavy atom. The predicted octanol–water partition coefficient (Wildman–Crippen LogP) is 5.36. The quantitative estimate of drug-likeness (QED) is 0.619. The zero-order valence-corrected chi connectivity index (χ0v) is 12.8.